The van der Waals surface area contributed by atoms with Crippen LogP contribution in [0.15, 0.2) is 0 Å². The minimum absolute atomic E-state index is 0.583. The highest BCUT2D eigenvalue weighted by Crippen LogP contribution is 2.11. The average Bonchev–Trinajstić information content (AvgIpc) is 1.59. The molecule has 2 heteroatoms. The van der Waals surface area contributed by atoms with Crippen LogP contribution in [0.5, 0.6) is 0 Å². The maximum absolute atomic E-state index is 10.0. The van der Waals surface area contributed by atoms with Crippen molar-refractivity contribution in [2.24, 2.45) is 11.3 Å². The number of carbonyl (C=O) groups is 1. The second-order valence-electron chi connectivity index (χ2n) is 4.29. The summed E-state index contributed by atoms with van der Waals surface area (Å²) >= 11 is 0. The zero-order chi connectivity index (χ0) is 9.65. The van der Waals surface area contributed by atoms with Gasteiger partial charge in [0.25, 0.3) is 0 Å². The van der Waals surface area contributed by atoms with Gasteiger partial charge in [-0.1, -0.05) is 20.8 Å². The molecule has 0 unspecified atom stereocenters. The van der Waals surface area contributed by atoms with Gasteiger partial charge >= 0.3 is 5.97 Å². The summed E-state index contributed by atoms with van der Waals surface area (Å²) in [4.78, 5) is 10.0. The summed E-state index contributed by atoms with van der Waals surface area (Å²) in [6.07, 6.45) is 0. The van der Waals surface area contributed by atoms with Gasteiger partial charge in [-0.25, -0.2) is 0 Å². The van der Waals surface area contributed by atoms with Crippen LogP contribution in [0.3, 0.4) is 0 Å². The van der Waals surface area contributed by atoms with Gasteiger partial charge in [-0.05, 0) is 26.7 Å². The van der Waals surface area contributed by atoms with Gasteiger partial charge < -0.3 is 5.11 Å². The summed E-state index contributed by atoms with van der Waals surface area (Å²) in [6, 6.07) is 0. The molecule has 11 heavy (non-hydrogen) atoms. The number of hydrogen-bond donors (Lipinski definition) is 1. The van der Waals surface area contributed by atoms with Crippen molar-refractivity contribution in [3.63, 3.8) is 0 Å². The third-order valence-corrected chi connectivity index (χ3v) is 0.642. The molecule has 0 saturated carbocycles. The zero-order valence-corrected chi connectivity index (χ0v) is 8.43. The lowest BCUT2D eigenvalue weighted by molar-refractivity contribution is -0.145. The molecule has 0 saturated heterocycles. The summed E-state index contributed by atoms with van der Waals surface area (Å²) in [5.41, 5.74) is -0.583. The SMILES string of the molecule is CC(C)(C)C(=O)O.CC(C)C. The Bertz CT molecular complexity index is 106. The lowest BCUT2D eigenvalue weighted by atomic mass is 9.98. The smallest absolute Gasteiger partial charge is 0.308 e. The molecule has 0 amide bonds. The van der Waals surface area contributed by atoms with Crippen LogP contribution in [0.4, 0.5) is 0 Å². The molecular formula is C9H20O2. The first kappa shape index (κ1) is 13.1. The van der Waals surface area contributed by atoms with E-state index in [1.807, 2.05) is 0 Å². The molecule has 0 aromatic heterocycles. The summed E-state index contributed by atoms with van der Waals surface area (Å²) in [5.74, 6) is 0.0764. The van der Waals surface area contributed by atoms with Crippen molar-refractivity contribution in [1.82, 2.24) is 0 Å². The predicted molar refractivity (Wildman–Crippen MR) is 47.6 cm³/mol. The molecule has 0 spiro atoms. The molecule has 68 valence electrons. The number of hydrogen-bond acceptors (Lipinski definition) is 1. The monoisotopic (exact) mass is 160 g/mol. The van der Waals surface area contributed by atoms with Gasteiger partial charge in [0.05, 0.1) is 5.41 Å². The van der Waals surface area contributed by atoms with E-state index in [-0.39, 0.29) is 0 Å². The van der Waals surface area contributed by atoms with Crippen molar-refractivity contribution in [2.45, 2.75) is 41.5 Å². The number of rotatable bonds is 0. The highest BCUT2D eigenvalue weighted by atomic mass is 16.4. The highest BCUT2D eigenvalue weighted by molar-refractivity contribution is 5.72. The fourth-order valence-corrected chi connectivity index (χ4v) is 0. The van der Waals surface area contributed by atoms with Gasteiger partial charge in [-0.2, -0.15) is 0 Å². The Balaban J connectivity index is 0. The van der Waals surface area contributed by atoms with E-state index >= 15 is 0 Å². The van der Waals surface area contributed by atoms with Crippen LogP contribution in [0.1, 0.15) is 41.5 Å². The molecular weight excluding hydrogens is 140 g/mol. The fourth-order valence-electron chi connectivity index (χ4n) is 0. The van der Waals surface area contributed by atoms with Crippen LogP contribution in [-0.2, 0) is 4.79 Å². The molecule has 0 heterocycles. The Hall–Kier alpha value is -0.530. The van der Waals surface area contributed by atoms with Gasteiger partial charge in [0, 0.05) is 0 Å². The second-order valence-corrected chi connectivity index (χ2v) is 4.29. The van der Waals surface area contributed by atoms with Crippen molar-refractivity contribution in [2.75, 3.05) is 0 Å². The van der Waals surface area contributed by atoms with Crippen molar-refractivity contribution in [1.29, 1.82) is 0 Å². The highest BCUT2D eigenvalue weighted by Gasteiger charge is 2.18. The standard InChI is InChI=1S/C5H10O2.C4H10/c1-5(2,3)4(6)7;1-4(2)3/h1-3H3,(H,6,7);4H,1-3H3. The molecule has 0 aromatic rings. The Labute approximate surface area is 69.6 Å². The van der Waals surface area contributed by atoms with E-state index in [4.69, 9.17) is 5.11 Å². The number of carboxylic acids is 1. The van der Waals surface area contributed by atoms with Gasteiger partial charge in [-0.15, -0.1) is 0 Å². The minimum Gasteiger partial charge on any atom is -0.481 e. The molecule has 1 N–H and O–H groups in total. The van der Waals surface area contributed by atoms with Gasteiger partial charge in [0.1, 0.15) is 0 Å². The molecule has 0 aliphatic rings. The van der Waals surface area contributed by atoms with Crippen LogP contribution < -0.4 is 0 Å². The summed E-state index contributed by atoms with van der Waals surface area (Å²) in [6.45, 7) is 11.5. The topological polar surface area (TPSA) is 37.3 Å². The molecule has 2 nitrogen and oxygen atoms in total. The van der Waals surface area contributed by atoms with Crippen molar-refractivity contribution in [3.05, 3.63) is 0 Å². The molecule has 0 radical (unpaired) electrons. The first-order valence-corrected chi connectivity index (χ1v) is 3.91. The normalized spacial score (nSPS) is 10.5. The first-order valence-electron chi connectivity index (χ1n) is 3.91. The van der Waals surface area contributed by atoms with Gasteiger partial charge in [0.15, 0.2) is 0 Å². The molecule has 0 rings (SSSR count). The van der Waals surface area contributed by atoms with Crippen LogP contribution in [-0.4, -0.2) is 11.1 Å². The van der Waals surface area contributed by atoms with E-state index in [9.17, 15) is 4.79 Å². The van der Waals surface area contributed by atoms with E-state index in [0.29, 0.717) is 0 Å². The lowest BCUT2D eigenvalue weighted by Crippen LogP contribution is -2.18. The Morgan fingerprint density at radius 2 is 1.27 bits per heavy atom. The van der Waals surface area contributed by atoms with E-state index in [2.05, 4.69) is 20.8 Å². The van der Waals surface area contributed by atoms with Gasteiger partial charge in [0.2, 0.25) is 0 Å². The largest absolute Gasteiger partial charge is 0.481 e. The van der Waals surface area contributed by atoms with Crippen molar-refractivity contribution in [3.8, 4) is 0 Å². The molecule has 0 aliphatic heterocycles. The maximum atomic E-state index is 10.0. The van der Waals surface area contributed by atoms with Crippen LogP contribution in [0, 0.1) is 11.3 Å². The maximum Gasteiger partial charge on any atom is 0.308 e. The number of aliphatic carboxylic acids is 1. The summed E-state index contributed by atoms with van der Waals surface area (Å²) in [5, 5.41) is 8.25. The molecule has 0 bridgehead atoms. The third-order valence-electron chi connectivity index (χ3n) is 0.642. The molecule has 0 fully saturated rings. The van der Waals surface area contributed by atoms with Crippen molar-refractivity contribution >= 4 is 5.97 Å². The van der Waals surface area contributed by atoms with E-state index in [1.165, 1.54) is 0 Å². The Morgan fingerprint density at radius 1 is 1.18 bits per heavy atom. The van der Waals surface area contributed by atoms with Crippen LogP contribution in [0.2, 0.25) is 0 Å². The average molecular weight is 160 g/mol. The van der Waals surface area contributed by atoms with Gasteiger partial charge in [-0.3, -0.25) is 4.79 Å². The Kier molecular flexibility index (Phi) is 6.14. The third kappa shape index (κ3) is 17.7. The van der Waals surface area contributed by atoms with Crippen LogP contribution in [0.25, 0.3) is 0 Å². The summed E-state index contributed by atoms with van der Waals surface area (Å²) < 4.78 is 0. The molecule has 0 atom stereocenters. The quantitative estimate of drug-likeness (QED) is 0.591. The first-order chi connectivity index (χ1) is 4.68. The predicted octanol–water partition coefficient (Wildman–Crippen LogP) is 2.78. The summed E-state index contributed by atoms with van der Waals surface area (Å²) in [7, 11) is 0. The molecule has 0 aliphatic carbocycles. The van der Waals surface area contributed by atoms with Crippen molar-refractivity contribution < 1.29 is 9.90 Å². The van der Waals surface area contributed by atoms with Crippen LogP contribution >= 0.6 is 0 Å². The van der Waals surface area contributed by atoms with E-state index in [0.717, 1.165) is 5.92 Å². The zero-order valence-electron chi connectivity index (χ0n) is 8.43. The van der Waals surface area contributed by atoms with E-state index < -0.39 is 11.4 Å². The fraction of sp³-hybridized carbons (Fsp3) is 0.889. The number of carboxylic acid groups (broad SMARTS) is 1. The van der Waals surface area contributed by atoms with E-state index in [1.54, 1.807) is 20.8 Å². The second kappa shape index (κ2) is 5.16. The minimum atomic E-state index is -0.757. The molecule has 0 aromatic carbocycles. The Morgan fingerprint density at radius 3 is 1.27 bits per heavy atom. The lowest BCUT2D eigenvalue weighted by Gasteiger charge is -2.08.